The van der Waals surface area contributed by atoms with E-state index in [0.29, 0.717) is 19.6 Å². The molecule has 3 aromatic rings. The standard InChI is InChI=1S/C21H25N5O3S/c1-29-18-4-2-16(3-5-18)13-22-19(27)15-25-8-6-24(7-9-25)14-17-12-20(28)26-10-11-30-21(26)23-17/h2-5,10-12H,6-9,13-15H2,1H3,(H,22,27). The zero-order valence-electron chi connectivity index (χ0n) is 16.9. The van der Waals surface area contributed by atoms with E-state index in [2.05, 4.69) is 20.1 Å². The van der Waals surface area contributed by atoms with Crippen molar-refractivity contribution in [2.45, 2.75) is 13.1 Å². The van der Waals surface area contributed by atoms with Gasteiger partial charge in [-0.1, -0.05) is 12.1 Å². The van der Waals surface area contributed by atoms with Gasteiger partial charge in [0.15, 0.2) is 4.96 Å². The molecule has 1 N–H and O–H groups in total. The summed E-state index contributed by atoms with van der Waals surface area (Å²) in [5.41, 5.74) is 1.80. The number of hydrogen-bond donors (Lipinski definition) is 1. The minimum atomic E-state index is -0.0385. The maximum Gasteiger partial charge on any atom is 0.258 e. The fourth-order valence-corrected chi connectivity index (χ4v) is 4.25. The topological polar surface area (TPSA) is 79.2 Å². The molecule has 9 heteroatoms. The Morgan fingerprint density at radius 1 is 1.17 bits per heavy atom. The Hall–Kier alpha value is -2.75. The highest BCUT2D eigenvalue weighted by Gasteiger charge is 2.19. The molecule has 1 aliphatic heterocycles. The van der Waals surface area contributed by atoms with Gasteiger partial charge in [0.25, 0.3) is 5.56 Å². The first-order valence-electron chi connectivity index (χ1n) is 9.91. The smallest absolute Gasteiger partial charge is 0.258 e. The molecule has 0 aliphatic carbocycles. The summed E-state index contributed by atoms with van der Waals surface area (Å²) in [7, 11) is 1.63. The van der Waals surface area contributed by atoms with Crippen LogP contribution in [-0.4, -0.2) is 64.9 Å². The van der Waals surface area contributed by atoms with Crippen LogP contribution in [0.25, 0.3) is 4.96 Å². The van der Waals surface area contributed by atoms with Gasteiger partial charge in [-0.15, -0.1) is 11.3 Å². The van der Waals surface area contributed by atoms with Crippen LogP contribution in [0.15, 0.2) is 46.7 Å². The molecular weight excluding hydrogens is 402 g/mol. The highest BCUT2D eigenvalue weighted by molar-refractivity contribution is 7.15. The van der Waals surface area contributed by atoms with Crippen LogP contribution in [0.5, 0.6) is 5.75 Å². The van der Waals surface area contributed by atoms with Gasteiger partial charge in [0.2, 0.25) is 5.91 Å². The molecule has 0 radical (unpaired) electrons. The number of fused-ring (bicyclic) bond motifs is 1. The fraction of sp³-hybridized carbons (Fsp3) is 0.381. The third-order valence-electron chi connectivity index (χ3n) is 5.22. The summed E-state index contributed by atoms with van der Waals surface area (Å²) < 4.78 is 6.71. The number of amides is 1. The number of thiazole rings is 1. The van der Waals surface area contributed by atoms with E-state index in [9.17, 15) is 9.59 Å². The summed E-state index contributed by atoms with van der Waals surface area (Å²) in [5, 5.41) is 4.84. The SMILES string of the molecule is COc1ccc(CNC(=O)CN2CCN(Cc3cc(=O)n4ccsc4n3)CC2)cc1. The molecule has 0 unspecified atom stereocenters. The van der Waals surface area contributed by atoms with Gasteiger partial charge in [0, 0.05) is 56.9 Å². The summed E-state index contributed by atoms with van der Waals surface area (Å²) in [6.45, 7) is 4.88. The first-order chi connectivity index (χ1) is 14.6. The maximum atomic E-state index is 12.3. The van der Waals surface area contributed by atoms with Crippen LogP contribution >= 0.6 is 11.3 Å². The molecule has 0 saturated carbocycles. The number of nitrogens with zero attached hydrogens (tertiary/aromatic N) is 4. The molecule has 2 aromatic heterocycles. The molecule has 0 atom stereocenters. The Kier molecular flexibility index (Phi) is 6.41. The largest absolute Gasteiger partial charge is 0.497 e. The number of aromatic nitrogens is 2. The Labute approximate surface area is 178 Å². The second kappa shape index (κ2) is 9.38. The lowest BCUT2D eigenvalue weighted by atomic mass is 10.2. The van der Waals surface area contributed by atoms with Gasteiger partial charge in [-0.05, 0) is 17.7 Å². The van der Waals surface area contributed by atoms with Gasteiger partial charge in [0.1, 0.15) is 5.75 Å². The molecule has 1 aliphatic rings. The first kappa shape index (κ1) is 20.5. The van der Waals surface area contributed by atoms with E-state index < -0.39 is 0 Å². The molecule has 1 fully saturated rings. The molecule has 4 rings (SSSR count). The third-order valence-corrected chi connectivity index (χ3v) is 5.98. The molecular formula is C21H25N5O3S. The maximum absolute atomic E-state index is 12.3. The lowest BCUT2D eigenvalue weighted by molar-refractivity contribution is -0.122. The fourth-order valence-electron chi connectivity index (χ4n) is 3.51. The van der Waals surface area contributed by atoms with Crippen LogP contribution in [0, 0.1) is 0 Å². The van der Waals surface area contributed by atoms with E-state index in [0.717, 1.165) is 48.1 Å². The Morgan fingerprint density at radius 2 is 1.90 bits per heavy atom. The lowest BCUT2D eigenvalue weighted by Crippen LogP contribution is -2.49. The average molecular weight is 428 g/mol. The summed E-state index contributed by atoms with van der Waals surface area (Å²) >= 11 is 1.46. The van der Waals surface area contributed by atoms with E-state index in [1.54, 1.807) is 23.8 Å². The minimum absolute atomic E-state index is 0.0251. The van der Waals surface area contributed by atoms with Crippen molar-refractivity contribution >= 4 is 22.2 Å². The van der Waals surface area contributed by atoms with E-state index in [1.165, 1.54) is 11.3 Å². The highest BCUT2D eigenvalue weighted by Crippen LogP contribution is 2.12. The number of hydrogen-bond acceptors (Lipinski definition) is 7. The average Bonchev–Trinajstić information content (AvgIpc) is 3.23. The Morgan fingerprint density at radius 3 is 2.63 bits per heavy atom. The molecule has 1 saturated heterocycles. The number of ether oxygens (including phenoxy) is 1. The Bertz CT molecular complexity index is 1050. The van der Waals surface area contributed by atoms with Crippen LogP contribution in [0.4, 0.5) is 0 Å². The van der Waals surface area contributed by atoms with Crippen molar-refractivity contribution in [2.24, 2.45) is 0 Å². The van der Waals surface area contributed by atoms with Crippen molar-refractivity contribution in [3.63, 3.8) is 0 Å². The van der Waals surface area contributed by atoms with Crippen LogP contribution in [0.3, 0.4) is 0 Å². The zero-order valence-corrected chi connectivity index (χ0v) is 17.7. The van der Waals surface area contributed by atoms with Gasteiger partial charge in [-0.2, -0.15) is 0 Å². The quantitative estimate of drug-likeness (QED) is 0.611. The van der Waals surface area contributed by atoms with Crippen molar-refractivity contribution in [1.82, 2.24) is 24.5 Å². The van der Waals surface area contributed by atoms with E-state index in [1.807, 2.05) is 29.6 Å². The van der Waals surface area contributed by atoms with Crippen molar-refractivity contribution in [3.8, 4) is 5.75 Å². The van der Waals surface area contributed by atoms with E-state index in [-0.39, 0.29) is 11.5 Å². The van der Waals surface area contributed by atoms with Crippen molar-refractivity contribution < 1.29 is 9.53 Å². The monoisotopic (exact) mass is 427 g/mol. The van der Waals surface area contributed by atoms with Gasteiger partial charge in [-0.25, -0.2) is 4.98 Å². The third kappa shape index (κ3) is 5.05. The van der Waals surface area contributed by atoms with Crippen LogP contribution < -0.4 is 15.6 Å². The molecule has 30 heavy (non-hydrogen) atoms. The number of nitrogens with one attached hydrogen (secondary N) is 1. The second-order valence-corrected chi connectivity index (χ2v) is 8.19. The van der Waals surface area contributed by atoms with Crippen LogP contribution in [-0.2, 0) is 17.9 Å². The van der Waals surface area contributed by atoms with Crippen LogP contribution in [0.2, 0.25) is 0 Å². The van der Waals surface area contributed by atoms with Crippen molar-refractivity contribution in [2.75, 3.05) is 39.8 Å². The van der Waals surface area contributed by atoms with Crippen molar-refractivity contribution in [3.05, 3.63) is 63.5 Å². The van der Waals surface area contributed by atoms with Gasteiger partial charge in [-0.3, -0.25) is 23.8 Å². The summed E-state index contributed by atoms with van der Waals surface area (Å²) in [5.74, 6) is 0.829. The zero-order chi connectivity index (χ0) is 20.9. The van der Waals surface area contributed by atoms with Gasteiger partial charge >= 0.3 is 0 Å². The number of methoxy groups -OCH3 is 1. The summed E-state index contributed by atoms with van der Waals surface area (Å²) in [6.07, 6.45) is 1.75. The molecule has 0 bridgehead atoms. The number of benzene rings is 1. The summed E-state index contributed by atoms with van der Waals surface area (Å²) in [4.78, 5) is 34.1. The number of piperazine rings is 1. The minimum Gasteiger partial charge on any atom is -0.497 e. The normalized spacial score (nSPS) is 15.4. The predicted molar refractivity (Wildman–Crippen MR) is 116 cm³/mol. The summed E-state index contributed by atoms with van der Waals surface area (Å²) in [6, 6.07) is 9.29. The number of carbonyl (C=O) groups is 1. The second-order valence-electron chi connectivity index (χ2n) is 7.32. The predicted octanol–water partition coefficient (Wildman–Crippen LogP) is 1.20. The lowest BCUT2D eigenvalue weighted by Gasteiger charge is -2.34. The van der Waals surface area contributed by atoms with E-state index in [4.69, 9.17) is 4.74 Å². The van der Waals surface area contributed by atoms with Crippen LogP contribution in [0.1, 0.15) is 11.3 Å². The highest BCUT2D eigenvalue weighted by atomic mass is 32.1. The van der Waals surface area contributed by atoms with Crippen molar-refractivity contribution in [1.29, 1.82) is 0 Å². The Balaban J connectivity index is 1.21. The number of carbonyl (C=O) groups excluding carboxylic acids is 1. The molecule has 0 spiro atoms. The molecule has 1 aromatic carbocycles. The number of rotatable bonds is 7. The molecule has 1 amide bonds. The molecule has 8 nitrogen and oxygen atoms in total. The van der Waals surface area contributed by atoms with Gasteiger partial charge in [0.05, 0.1) is 19.3 Å². The molecule has 158 valence electrons. The first-order valence-corrected chi connectivity index (χ1v) is 10.8. The molecule has 3 heterocycles. The van der Waals surface area contributed by atoms with E-state index >= 15 is 0 Å². The van der Waals surface area contributed by atoms with Gasteiger partial charge < -0.3 is 10.1 Å².